The summed E-state index contributed by atoms with van der Waals surface area (Å²) in [6, 6.07) is 5.81. The van der Waals surface area contributed by atoms with Gasteiger partial charge in [-0.2, -0.15) is 0 Å². The van der Waals surface area contributed by atoms with E-state index in [0.717, 1.165) is 16.7 Å². The third-order valence-electron chi connectivity index (χ3n) is 4.21. The van der Waals surface area contributed by atoms with Crippen molar-refractivity contribution in [2.24, 2.45) is 0 Å². The highest BCUT2D eigenvalue weighted by Gasteiger charge is 2.25. The molecule has 0 radical (unpaired) electrons. The van der Waals surface area contributed by atoms with Crippen molar-refractivity contribution in [1.29, 1.82) is 0 Å². The molecule has 0 fully saturated rings. The molecule has 0 aliphatic carbocycles. The number of nitrogens with zero attached hydrogens (tertiary/aromatic N) is 1. The van der Waals surface area contributed by atoms with Crippen LogP contribution >= 0.6 is 11.5 Å². The summed E-state index contributed by atoms with van der Waals surface area (Å²) in [6.45, 7) is 0.376. The summed E-state index contributed by atoms with van der Waals surface area (Å²) in [6.07, 6.45) is 1.93. The Morgan fingerprint density at radius 2 is 1.88 bits per heavy atom. The van der Waals surface area contributed by atoms with E-state index >= 15 is 0 Å². The van der Waals surface area contributed by atoms with Crippen LogP contribution in [0.5, 0.6) is 0 Å². The summed E-state index contributed by atoms with van der Waals surface area (Å²) < 4.78 is 32.5. The summed E-state index contributed by atoms with van der Waals surface area (Å²) >= 11 is 1.26. The maximum Gasteiger partial charge on any atom is 0.251 e. The summed E-state index contributed by atoms with van der Waals surface area (Å²) in [4.78, 5) is 22.9. The molecule has 25 heavy (non-hydrogen) atoms. The molecule has 1 aliphatic rings. The summed E-state index contributed by atoms with van der Waals surface area (Å²) in [5, 5.41) is 4.57. The summed E-state index contributed by atoms with van der Waals surface area (Å²) in [7, 11) is 0. The van der Waals surface area contributed by atoms with Crippen LogP contribution in [-0.4, -0.2) is 16.6 Å². The maximum absolute atomic E-state index is 14.4. The van der Waals surface area contributed by atoms with Gasteiger partial charge in [0, 0.05) is 34.8 Å². The number of nitrogens with one attached hydrogen (secondary N) is 1. The van der Waals surface area contributed by atoms with Gasteiger partial charge >= 0.3 is 0 Å². The van der Waals surface area contributed by atoms with Crippen LogP contribution in [0.25, 0.3) is 22.3 Å². The number of carbonyl (C=O) groups excluding carboxylic acids is 2. The van der Waals surface area contributed by atoms with Crippen molar-refractivity contribution in [3.05, 3.63) is 64.2 Å². The molecule has 0 saturated heterocycles. The number of halogens is 2. The van der Waals surface area contributed by atoms with E-state index in [1.807, 2.05) is 5.38 Å². The SMILES string of the molecule is O=Cc1ccc(-c2cc3c(c(-c4cnsc4)c2)CNC3=O)c(F)c1F. The summed E-state index contributed by atoms with van der Waals surface area (Å²) in [5.74, 6) is -2.57. The Balaban J connectivity index is 1.97. The van der Waals surface area contributed by atoms with Crippen molar-refractivity contribution in [3.63, 3.8) is 0 Å². The van der Waals surface area contributed by atoms with Gasteiger partial charge in [0.15, 0.2) is 17.9 Å². The Labute approximate surface area is 145 Å². The fourth-order valence-electron chi connectivity index (χ4n) is 2.96. The normalized spacial score (nSPS) is 12.8. The Morgan fingerprint density at radius 3 is 2.60 bits per heavy atom. The molecule has 7 heteroatoms. The van der Waals surface area contributed by atoms with E-state index in [-0.39, 0.29) is 23.3 Å². The van der Waals surface area contributed by atoms with Crippen molar-refractivity contribution in [2.45, 2.75) is 6.54 Å². The fourth-order valence-corrected chi connectivity index (χ4v) is 3.49. The second kappa shape index (κ2) is 5.86. The third kappa shape index (κ3) is 2.44. The van der Waals surface area contributed by atoms with Crippen LogP contribution < -0.4 is 5.32 Å². The lowest BCUT2D eigenvalue weighted by Gasteiger charge is -2.11. The Kier molecular flexibility index (Phi) is 3.65. The minimum atomic E-state index is -1.20. The third-order valence-corrected chi connectivity index (χ3v) is 4.80. The number of carbonyl (C=O) groups is 2. The van der Waals surface area contributed by atoms with Gasteiger partial charge in [0.2, 0.25) is 0 Å². The van der Waals surface area contributed by atoms with Crippen molar-refractivity contribution in [3.8, 4) is 22.3 Å². The van der Waals surface area contributed by atoms with Crippen LogP contribution in [0, 0.1) is 11.6 Å². The van der Waals surface area contributed by atoms with Gasteiger partial charge < -0.3 is 5.32 Å². The van der Waals surface area contributed by atoms with E-state index in [2.05, 4.69) is 9.69 Å². The largest absolute Gasteiger partial charge is 0.348 e. The fraction of sp³-hybridized carbons (Fsp3) is 0.0556. The Hall–Kier alpha value is -2.93. The first-order chi connectivity index (χ1) is 12.1. The Bertz CT molecular complexity index is 1020. The monoisotopic (exact) mass is 356 g/mol. The molecular formula is C18H10F2N2O2S. The van der Waals surface area contributed by atoms with Gasteiger partial charge in [-0.3, -0.25) is 9.59 Å². The molecule has 1 amide bonds. The highest BCUT2D eigenvalue weighted by molar-refractivity contribution is 7.03. The number of benzene rings is 2. The molecule has 124 valence electrons. The minimum absolute atomic E-state index is 0.00459. The number of hydrogen-bond donors (Lipinski definition) is 1. The van der Waals surface area contributed by atoms with Gasteiger partial charge in [0.25, 0.3) is 5.91 Å². The predicted molar refractivity (Wildman–Crippen MR) is 89.5 cm³/mol. The van der Waals surface area contributed by atoms with E-state index < -0.39 is 11.6 Å². The van der Waals surface area contributed by atoms with Gasteiger partial charge in [-0.1, -0.05) is 6.07 Å². The van der Waals surface area contributed by atoms with Crippen LogP contribution in [0.1, 0.15) is 26.3 Å². The molecule has 3 aromatic rings. The molecule has 1 aliphatic heterocycles. The lowest BCUT2D eigenvalue weighted by atomic mass is 9.92. The minimum Gasteiger partial charge on any atom is -0.348 e. The number of amides is 1. The molecule has 0 atom stereocenters. The first-order valence-electron chi connectivity index (χ1n) is 7.38. The summed E-state index contributed by atoms with van der Waals surface area (Å²) in [5.41, 5.74) is 2.81. The van der Waals surface area contributed by atoms with E-state index in [9.17, 15) is 18.4 Å². The van der Waals surface area contributed by atoms with Crippen molar-refractivity contribution in [1.82, 2.24) is 9.69 Å². The van der Waals surface area contributed by atoms with Crippen LogP contribution in [0.3, 0.4) is 0 Å². The first-order valence-corrected chi connectivity index (χ1v) is 8.22. The zero-order chi connectivity index (χ0) is 17.6. The molecule has 0 bridgehead atoms. The maximum atomic E-state index is 14.4. The van der Waals surface area contributed by atoms with Crippen LogP contribution in [0.15, 0.2) is 35.8 Å². The van der Waals surface area contributed by atoms with Crippen LogP contribution in [0.2, 0.25) is 0 Å². The number of aldehydes is 1. The van der Waals surface area contributed by atoms with E-state index in [4.69, 9.17) is 0 Å². The smallest absolute Gasteiger partial charge is 0.251 e. The molecule has 1 N–H and O–H groups in total. The van der Waals surface area contributed by atoms with Gasteiger partial charge in [-0.05, 0) is 46.4 Å². The predicted octanol–water partition coefficient (Wildman–Crippen LogP) is 3.81. The second-order valence-corrected chi connectivity index (χ2v) is 6.25. The topological polar surface area (TPSA) is 59.1 Å². The molecular weight excluding hydrogens is 346 g/mol. The van der Waals surface area contributed by atoms with Crippen molar-refractivity contribution < 1.29 is 18.4 Å². The lowest BCUT2D eigenvalue weighted by molar-refractivity contribution is 0.0965. The molecule has 1 aromatic heterocycles. The quantitative estimate of drug-likeness (QED) is 0.726. The molecule has 0 saturated carbocycles. The van der Waals surface area contributed by atoms with Gasteiger partial charge in [-0.25, -0.2) is 13.2 Å². The molecule has 2 aromatic carbocycles. The van der Waals surface area contributed by atoms with E-state index in [1.165, 1.54) is 23.7 Å². The van der Waals surface area contributed by atoms with E-state index in [1.54, 1.807) is 18.3 Å². The van der Waals surface area contributed by atoms with Crippen LogP contribution in [-0.2, 0) is 6.54 Å². The lowest BCUT2D eigenvalue weighted by Crippen LogP contribution is -2.12. The molecule has 2 heterocycles. The first kappa shape index (κ1) is 15.6. The Morgan fingerprint density at radius 1 is 1.08 bits per heavy atom. The number of hydrogen-bond acceptors (Lipinski definition) is 4. The van der Waals surface area contributed by atoms with E-state index in [0.29, 0.717) is 17.7 Å². The number of fused-ring (bicyclic) bond motifs is 1. The van der Waals surface area contributed by atoms with Crippen molar-refractivity contribution >= 4 is 23.7 Å². The molecule has 4 nitrogen and oxygen atoms in total. The zero-order valence-corrected chi connectivity index (χ0v) is 13.5. The highest BCUT2D eigenvalue weighted by atomic mass is 32.1. The van der Waals surface area contributed by atoms with Crippen molar-refractivity contribution in [2.75, 3.05) is 0 Å². The number of aromatic nitrogens is 1. The van der Waals surface area contributed by atoms with Gasteiger partial charge in [0.1, 0.15) is 0 Å². The molecule has 0 unspecified atom stereocenters. The van der Waals surface area contributed by atoms with Gasteiger partial charge in [0.05, 0.1) is 5.56 Å². The van der Waals surface area contributed by atoms with Gasteiger partial charge in [-0.15, -0.1) is 0 Å². The highest BCUT2D eigenvalue weighted by Crippen LogP contribution is 2.36. The average Bonchev–Trinajstić information content (AvgIpc) is 3.27. The molecule has 4 rings (SSSR count). The molecule has 0 spiro atoms. The number of rotatable bonds is 3. The zero-order valence-electron chi connectivity index (χ0n) is 12.7. The van der Waals surface area contributed by atoms with Crippen LogP contribution in [0.4, 0.5) is 8.78 Å². The standard InChI is InChI=1S/C18H10F2N2O2S/c19-16-9(7-23)1-2-12(17(16)20)10-3-13(11-5-22-25-8-11)15-6-21-18(24)14(15)4-10/h1-5,7-8H,6H2,(H,21,24). The second-order valence-electron chi connectivity index (χ2n) is 5.59. The average molecular weight is 356 g/mol.